The number of hydrogen-bond acceptors (Lipinski definition) is 5. The van der Waals surface area contributed by atoms with Gasteiger partial charge < -0.3 is 10.1 Å². The zero-order valence-corrected chi connectivity index (χ0v) is 17.2. The Hall–Kier alpha value is -4.00. The fraction of sp³-hybridized carbons (Fsp3) is 0.167. The van der Waals surface area contributed by atoms with E-state index in [1.165, 1.54) is 17.1 Å². The van der Waals surface area contributed by atoms with Crippen molar-refractivity contribution in [2.75, 3.05) is 16.8 Å². The molecule has 0 saturated carbocycles. The van der Waals surface area contributed by atoms with Crippen molar-refractivity contribution in [3.05, 3.63) is 72.4 Å². The number of pyridine rings is 1. The van der Waals surface area contributed by atoms with Gasteiger partial charge in [0.05, 0.1) is 22.6 Å². The lowest BCUT2D eigenvalue weighted by Gasteiger charge is -2.41. The second kappa shape index (κ2) is 8.02. The number of carbonyl (C=O) groups excluding carboxylic acids is 3. The molecular weight excluding hydrogens is 394 g/mol. The minimum Gasteiger partial charge on any atom is -0.452 e. The molecule has 7 nitrogen and oxygen atoms in total. The highest BCUT2D eigenvalue weighted by molar-refractivity contribution is 6.14. The standard InChI is InChI=1S/C24H21N3O4/c1-24(2)23(30)26-19-9-5-6-10-20(19)27(24)21(28)15-31-22(29)14-13-17-12-11-16-7-3-4-8-18(16)25-17/h3-14H,15H2,1-2H3,(H,26,30)/b14-13+. The second-order valence-corrected chi connectivity index (χ2v) is 7.63. The minimum atomic E-state index is -1.12. The van der Waals surface area contributed by atoms with Gasteiger partial charge in [-0.3, -0.25) is 14.5 Å². The summed E-state index contributed by atoms with van der Waals surface area (Å²) >= 11 is 0. The zero-order chi connectivity index (χ0) is 22.0. The number of para-hydroxylation sites is 3. The Morgan fingerprint density at radius 2 is 1.81 bits per heavy atom. The van der Waals surface area contributed by atoms with Gasteiger partial charge in [0.2, 0.25) is 5.91 Å². The SMILES string of the molecule is CC1(C)C(=O)Nc2ccccc2N1C(=O)COC(=O)/C=C/c1ccc2ccccc2n1. The molecule has 0 spiro atoms. The maximum absolute atomic E-state index is 12.9. The molecule has 4 rings (SSSR count). The number of nitrogens with one attached hydrogen (secondary N) is 1. The molecule has 0 fully saturated rings. The molecule has 2 amide bonds. The van der Waals surface area contributed by atoms with E-state index < -0.39 is 24.0 Å². The lowest BCUT2D eigenvalue weighted by Crippen LogP contribution is -2.59. The van der Waals surface area contributed by atoms with Gasteiger partial charge in [-0.1, -0.05) is 36.4 Å². The summed E-state index contributed by atoms with van der Waals surface area (Å²) in [7, 11) is 0. The van der Waals surface area contributed by atoms with Crippen LogP contribution in [-0.4, -0.2) is 34.9 Å². The number of aromatic nitrogens is 1. The van der Waals surface area contributed by atoms with Gasteiger partial charge in [-0.25, -0.2) is 9.78 Å². The summed E-state index contributed by atoms with van der Waals surface area (Å²) in [6.45, 7) is 2.80. The molecule has 1 N–H and O–H groups in total. The second-order valence-electron chi connectivity index (χ2n) is 7.63. The number of ether oxygens (including phenoxy) is 1. The molecule has 0 atom stereocenters. The van der Waals surface area contributed by atoms with Gasteiger partial charge in [0.1, 0.15) is 5.54 Å². The van der Waals surface area contributed by atoms with Crippen molar-refractivity contribution in [2.24, 2.45) is 0 Å². The van der Waals surface area contributed by atoms with Gasteiger partial charge >= 0.3 is 5.97 Å². The average molecular weight is 415 g/mol. The molecule has 0 unspecified atom stereocenters. The molecule has 0 saturated heterocycles. The fourth-order valence-electron chi connectivity index (χ4n) is 3.47. The molecule has 3 aromatic rings. The monoisotopic (exact) mass is 415 g/mol. The normalized spacial score (nSPS) is 14.9. The van der Waals surface area contributed by atoms with E-state index in [2.05, 4.69) is 10.3 Å². The zero-order valence-electron chi connectivity index (χ0n) is 17.2. The lowest BCUT2D eigenvalue weighted by atomic mass is 9.96. The van der Waals surface area contributed by atoms with Crippen LogP contribution in [0, 0.1) is 0 Å². The molecule has 2 heterocycles. The van der Waals surface area contributed by atoms with Gasteiger partial charge in [0.25, 0.3) is 5.91 Å². The number of benzene rings is 2. The molecule has 1 aliphatic heterocycles. The highest BCUT2D eigenvalue weighted by Gasteiger charge is 2.43. The third-order valence-corrected chi connectivity index (χ3v) is 5.11. The number of esters is 1. The number of fused-ring (bicyclic) bond motifs is 2. The summed E-state index contributed by atoms with van der Waals surface area (Å²) in [5.41, 5.74) is 1.39. The summed E-state index contributed by atoms with van der Waals surface area (Å²) in [6.07, 6.45) is 2.76. The number of nitrogens with zero attached hydrogens (tertiary/aromatic N) is 2. The van der Waals surface area contributed by atoms with Crippen LogP contribution in [0.3, 0.4) is 0 Å². The Balaban J connectivity index is 1.44. The Morgan fingerprint density at radius 1 is 1.06 bits per heavy atom. The van der Waals surface area contributed by atoms with Gasteiger partial charge in [0.15, 0.2) is 6.61 Å². The van der Waals surface area contributed by atoms with Gasteiger partial charge in [-0.15, -0.1) is 0 Å². The van der Waals surface area contributed by atoms with E-state index in [9.17, 15) is 14.4 Å². The summed E-state index contributed by atoms with van der Waals surface area (Å²) in [5, 5.41) is 3.79. The molecule has 1 aliphatic rings. The largest absolute Gasteiger partial charge is 0.452 e. The number of anilines is 2. The van der Waals surface area contributed by atoms with E-state index in [-0.39, 0.29) is 5.91 Å². The van der Waals surface area contributed by atoms with Crippen LogP contribution < -0.4 is 10.2 Å². The van der Waals surface area contributed by atoms with Crippen LogP contribution in [0.2, 0.25) is 0 Å². The van der Waals surface area contributed by atoms with E-state index in [4.69, 9.17) is 4.74 Å². The van der Waals surface area contributed by atoms with Crippen LogP contribution in [0.5, 0.6) is 0 Å². The molecule has 31 heavy (non-hydrogen) atoms. The van der Waals surface area contributed by atoms with E-state index in [1.807, 2.05) is 30.3 Å². The summed E-state index contributed by atoms with van der Waals surface area (Å²) in [6, 6.07) is 18.4. The van der Waals surface area contributed by atoms with E-state index >= 15 is 0 Å². The number of hydrogen-bond donors (Lipinski definition) is 1. The molecule has 1 aromatic heterocycles. The third-order valence-electron chi connectivity index (χ3n) is 5.11. The molecular formula is C24H21N3O4. The van der Waals surface area contributed by atoms with Crippen molar-refractivity contribution in [3.8, 4) is 0 Å². The van der Waals surface area contributed by atoms with Crippen LogP contribution in [0.15, 0.2) is 66.7 Å². The van der Waals surface area contributed by atoms with Gasteiger partial charge in [-0.2, -0.15) is 0 Å². The van der Waals surface area contributed by atoms with E-state index in [0.29, 0.717) is 17.1 Å². The molecule has 156 valence electrons. The van der Waals surface area contributed by atoms with Crippen LogP contribution >= 0.6 is 0 Å². The minimum absolute atomic E-state index is 0.312. The van der Waals surface area contributed by atoms with Crippen LogP contribution in [0.25, 0.3) is 17.0 Å². The Kier molecular flexibility index (Phi) is 5.25. The molecule has 0 aliphatic carbocycles. The summed E-state index contributed by atoms with van der Waals surface area (Å²) in [4.78, 5) is 43.3. The average Bonchev–Trinajstić information content (AvgIpc) is 2.76. The summed E-state index contributed by atoms with van der Waals surface area (Å²) in [5.74, 6) is -1.47. The van der Waals surface area contributed by atoms with Gasteiger partial charge in [0, 0.05) is 11.5 Å². The maximum atomic E-state index is 12.9. The quantitative estimate of drug-likeness (QED) is 0.520. The Labute approximate surface area is 179 Å². The first kappa shape index (κ1) is 20.3. The smallest absolute Gasteiger partial charge is 0.331 e. The van der Waals surface area contributed by atoms with Crippen LogP contribution in [0.4, 0.5) is 11.4 Å². The predicted molar refractivity (Wildman–Crippen MR) is 118 cm³/mol. The number of carbonyl (C=O) groups is 3. The van der Waals surface area contributed by atoms with E-state index in [0.717, 1.165) is 10.9 Å². The van der Waals surface area contributed by atoms with Crippen molar-refractivity contribution in [1.82, 2.24) is 4.98 Å². The third kappa shape index (κ3) is 4.02. The first-order valence-corrected chi connectivity index (χ1v) is 9.80. The Bertz CT molecular complexity index is 1220. The molecule has 2 aromatic carbocycles. The lowest BCUT2D eigenvalue weighted by molar-refractivity contribution is -0.143. The highest BCUT2D eigenvalue weighted by Crippen LogP contribution is 2.36. The molecule has 0 bridgehead atoms. The van der Waals surface area contributed by atoms with Crippen molar-refractivity contribution < 1.29 is 19.1 Å². The van der Waals surface area contributed by atoms with Crippen molar-refractivity contribution in [3.63, 3.8) is 0 Å². The summed E-state index contributed by atoms with van der Waals surface area (Å²) < 4.78 is 5.13. The highest BCUT2D eigenvalue weighted by atomic mass is 16.5. The maximum Gasteiger partial charge on any atom is 0.331 e. The molecule has 0 radical (unpaired) electrons. The molecule has 7 heteroatoms. The van der Waals surface area contributed by atoms with Crippen molar-refractivity contribution in [1.29, 1.82) is 0 Å². The van der Waals surface area contributed by atoms with E-state index in [1.54, 1.807) is 44.2 Å². The van der Waals surface area contributed by atoms with Gasteiger partial charge in [-0.05, 0) is 44.2 Å². The van der Waals surface area contributed by atoms with Crippen LogP contribution in [-0.2, 0) is 19.1 Å². The first-order chi connectivity index (χ1) is 14.9. The van der Waals surface area contributed by atoms with Crippen molar-refractivity contribution >= 4 is 46.1 Å². The number of rotatable bonds is 4. The Morgan fingerprint density at radius 3 is 2.65 bits per heavy atom. The first-order valence-electron chi connectivity index (χ1n) is 9.80. The van der Waals surface area contributed by atoms with Crippen molar-refractivity contribution in [2.45, 2.75) is 19.4 Å². The number of amides is 2. The van der Waals surface area contributed by atoms with Crippen LogP contribution in [0.1, 0.15) is 19.5 Å². The topological polar surface area (TPSA) is 88.6 Å². The predicted octanol–water partition coefficient (Wildman–Crippen LogP) is 3.56. The fourth-order valence-corrected chi connectivity index (χ4v) is 3.47.